The lowest BCUT2D eigenvalue weighted by Crippen LogP contribution is -2.42. The van der Waals surface area contributed by atoms with Crippen LogP contribution < -0.4 is 15.8 Å². The summed E-state index contributed by atoms with van der Waals surface area (Å²) in [6.45, 7) is 6.64. The van der Waals surface area contributed by atoms with Gasteiger partial charge in [-0.1, -0.05) is 6.92 Å². The molecular weight excluding hydrogens is 204 g/mol. The Labute approximate surface area is 96.4 Å². The maximum atomic E-state index is 5.75. The van der Waals surface area contributed by atoms with E-state index in [1.54, 1.807) is 7.11 Å². The summed E-state index contributed by atoms with van der Waals surface area (Å²) in [6.07, 6.45) is 2.41. The minimum Gasteiger partial charge on any atom is -0.481 e. The lowest BCUT2D eigenvalue weighted by Gasteiger charge is -2.29. The normalized spacial score (nSPS) is 14.3. The highest BCUT2D eigenvalue weighted by Gasteiger charge is 2.21. The van der Waals surface area contributed by atoms with Crippen molar-refractivity contribution >= 4 is 5.82 Å². The Hall–Kier alpha value is -1.36. The molecule has 0 bridgehead atoms. The molecule has 1 rings (SSSR count). The van der Waals surface area contributed by atoms with Gasteiger partial charge in [0.15, 0.2) is 0 Å². The van der Waals surface area contributed by atoms with Gasteiger partial charge in [-0.15, -0.1) is 0 Å². The monoisotopic (exact) mass is 224 g/mol. The van der Waals surface area contributed by atoms with Crippen LogP contribution in [0.25, 0.3) is 0 Å². The van der Waals surface area contributed by atoms with E-state index in [0.29, 0.717) is 12.4 Å². The molecule has 0 spiro atoms. The lowest BCUT2D eigenvalue weighted by molar-refractivity contribution is 0.393. The minimum atomic E-state index is -0.149. The van der Waals surface area contributed by atoms with Crippen molar-refractivity contribution in [3.8, 4) is 5.88 Å². The summed E-state index contributed by atoms with van der Waals surface area (Å²) in [4.78, 5) is 8.24. The number of nitrogens with two attached hydrogens (primary N) is 1. The maximum Gasteiger partial charge on any atom is 0.221 e. The van der Waals surface area contributed by atoms with Crippen LogP contribution in [0.1, 0.15) is 25.8 Å². The lowest BCUT2D eigenvalue weighted by atomic mass is 9.99. The molecule has 3 N–H and O–H groups in total. The largest absolute Gasteiger partial charge is 0.481 e. The van der Waals surface area contributed by atoms with Gasteiger partial charge in [0.05, 0.1) is 12.7 Å². The zero-order valence-electron chi connectivity index (χ0n) is 10.4. The van der Waals surface area contributed by atoms with E-state index in [1.165, 1.54) is 6.33 Å². The molecule has 5 heteroatoms. The minimum absolute atomic E-state index is 0.149. The average molecular weight is 224 g/mol. The first-order valence-electron chi connectivity index (χ1n) is 5.40. The van der Waals surface area contributed by atoms with Crippen LogP contribution in [0.5, 0.6) is 5.88 Å². The van der Waals surface area contributed by atoms with Crippen molar-refractivity contribution in [1.82, 2.24) is 9.97 Å². The Kier molecular flexibility index (Phi) is 4.06. The Balaban J connectivity index is 2.97. The fourth-order valence-electron chi connectivity index (χ4n) is 1.34. The summed E-state index contributed by atoms with van der Waals surface area (Å²) in [5.74, 6) is 1.37. The molecular formula is C11H20N4O. The van der Waals surface area contributed by atoms with E-state index in [2.05, 4.69) is 29.1 Å². The summed E-state index contributed by atoms with van der Waals surface area (Å²) in [5.41, 5.74) is 6.50. The van der Waals surface area contributed by atoms with E-state index >= 15 is 0 Å². The Morgan fingerprint density at radius 3 is 2.69 bits per heavy atom. The third-order valence-corrected chi connectivity index (χ3v) is 2.88. The second-order valence-electron chi connectivity index (χ2n) is 4.10. The molecule has 1 heterocycles. The van der Waals surface area contributed by atoms with Crippen molar-refractivity contribution in [2.75, 3.05) is 19.0 Å². The number of nitrogens with zero attached hydrogens (tertiary/aromatic N) is 2. The van der Waals surface area contributed by atoms with Crippen molar-refractivity contribution in [2.24, 2.45) is 5.73 Å². The van der Waals surface area contributed by atoms with Gasteiger partial charge in [-0.05, 0) is 20.3 Å². The SMILES string of the molecule is CCC(C)(CN)Nc1ncnc(OC)c1C. The standard InChI is InChI=1S/C11H20N4O/c1-5-11(3,6-12)15-9-8(2)10(16-4)14-7-13-9/h7H,5-6,12H2,1-4H3,(H,13,14,15). The second-order valence-corrected chi connectivity index (χ2v) is 4.10. The fourth-order valence-corrected chi connectivity index (χ4v) is 1.34. The molecule has 0 saturated heterocycles. The summed E-state index contributed by atoms with van der Waals surface area (Å²) >= 11 is 0. The summed E-state index contributed by atoms with van der Waals surface area (Å²) in [5, 5.41) is 3.34. The molecule has 5 nitrogen and oxygen atoms in total. The number of rotatable bonds is 5. The third-order valence-electron chi connectivity index (χ3n) is 2.88. The molecule has 1 aromatic heterocycles. The summed E-state index contributed by atoms with van der Waals surface area (Å²) in [7, 11) is 1.60. The highest BCUT2D eigenvalue weighted by molar-refractivity contribution is 5.49. The first kappa shape index (κ1) is 12.7. The van der Waals surface area contributed by atoms with E-state index in [0.717, 1.165) is 17.8 Å². The van der Waals surface area contributed by atoms with E-state index < -0.39 is 0 Å². The van der Waals surface area contributed by atoms with Gasteiger partial charge in [0.1, 0.15) is 12.1 Å². The van der Waals surface area contributed by atoms with Crippen molar-refractivity contribution in [3.05, 3.63) is 11.9 Å². The number of methoxy groups -OCH3 is 1. The molecule has 0 saturated carbocycles. The molecule has 0 aliphatic heterocycles. The van der Waals surface area contributed by atoms with E-state index in [4.69, 9.17) is 10.5 Å². The van der Waals surface area contributed by atoms with Crippen molar-refractivity contribution in [3.63, 3.8) is 0 Å². The zero-order chi connectivity index (χ0) is 12.2. The van der Waals surface area contributed by atoms with Crippen LogP contribution in [0.3, 0.4) is 0 Å². The Morgan fingerprint density at radius 1 is 1.50 bits per heavy atom. The van der Waals surface area contributed by atoms with Crippen LogP contribution in [0.4, 0.5) is 5.82 Å². The van der Waals surface area contributed by atoms with Gasteiger partial charge in [0.2, 0.25) is 5.88 Å². The quantitative estimate of drug-likeness (QED) is 0.789. The highest BCUT2D eigenvalue weighted by Crippen LogP contribution is 2.23. The third kappa shape index (κ3) is 2.61. The first-order valence-corrected chi connectivity index (χ1v) is 5.40. The molecule has 0 aromatic carbocycles. The van der Waals surface area contributed by atoms with Crippen molar-refractivity contribution in [2.45, 2.75) is 32.7 Å². The van der Waals surface area contributed by atoms with Crippen LogP contribution in [0.15, 0.2) is 6.33 Å². The van der Waals surface area contributed by atoms with E-state index in [-0.39, 0.29) is 5.54 Å². The topological polar surface area (TPSA) is 73.1 Å². The van der Waals surface area contributed by atoms with Crippen LogP contribution in [-0.2, 0) is 0 Å². The maximum absolute atomic E-state index is 5.75. The van der Waals surface area contributed by atoms with Crippen LogP contribution in [0.2, 0.25) is 0 Å². The highest BCUT2D eigenvalue weighted by atomic mass is 16.5. The number of ether oxygens (including phenoxy) is 1. The fraction of sp³-hybridized carbons (Fsp3) is 0.636. The number of hydrogen-bond donors (Lipinski definition) is 2. The van der Waals surface area contributed by atoms with Gasteiger partial charge >= 0.3 is 0 Å². The molecule has 1 atom stereocenters. The van der Waals surface area contributed by atoms with Crippen molar-refractivity contribution in [1.29, 1.82) is 0 Å². The predicted molar refractivity (Wildman–Crippen MR) is 64.7 cm³/mol. The number of anilines is 1. The smallest absolute Gasteiger partial charge is 0.221 e. The molecule has 0 aliphatic rings. The Morgan fingerprint density at radius 2 is 2.19 bits per heavy atom. The summed E-state index contributed by atoms with van der Waals surface area (Å²) < 4.78 is 5.15. The molecule has 0 fully saturated rings. The van der Waals surface area contributed by atoms with Crippen LogP contribution in [-0.4, -0.2) is 29.2 Å². The zero-order valence-corrected chi connectivity index (χ0v) is 10.4. The van der Waals surface area contributed by atoms with Crippen molar-refractivity contribution < 1.29 is 4.74 Å². The van der Waals surface area contributed by atoms with E-state index in [1.807, 2.05) is 6.92 Å². The predicted octanol–water partition coefficient (Wildman–Crippen LogP) is 1.33. The van der Waals surface area contributed by atoms with Gasteiger partial charge in [0.25, 0.3) is 0 Å². The number of hydrogen-bond acceptors (Lipinski definition) is 5. The van der Waals surface area contributed by atoms with Gasteiger partial charge in [-0.25, -0.2) is 9.97 Å². The van der Waals surface area contributed by atoms with Gasteiger partial charge in [-0.3, -0.25) is 0 Å². The molecule has 0 radical (unpaired) electrons. The molecule has 16 heavy (non-hydrogen) atoms. The molecule has 1 aromatic rings. The van der Waals surface area contributed by atoms with Gasteiger partial charge in [0, 0.05) is 12.1 Å². The first-order chi connectivity index (χ1) is 7.56. The summed E-state index contributed by atoms with van der Waals surface area (Å²) in [6, 6.07) is 0. The van der Waals surface area contributed by atoms with Gasteiger partial charge in [-0.2, -0.15) is 0 Å². The average Bonchev–Trinajstić information content (AvgIpc) is 2.32. The molecule has 0 aliphatic carbocycles. The molecule has 0 amide bonds. The molecule has 90 valence electrons. The van der Waals surface area contributed by atoms with Crippen LogP contribution >= 0.6 is 0 Å². The van der Waals surface area contributed by atoms with Gasteiger partial charge < -0.3 is 15.8 Å². The van der Waals surface area contributed by atoms with Crippen LogP contribution in [0, 0.1) is 6.92 Å². The van der Waals surface area contributed by atoms with E-state index in [9.17, 15) is 0 Å². The molecule has 1 unspecified atom stereocenters. The Bertz CT molecular complexity index is 350. The number of nitrogens with one attached hydrogen (secondary N) is 1. The second kappa shape index (κ2) is 5.12. The number of aromatic nitrogens is 2.